The fourth-order valence-electron chi connectivity index (χ4n) is 1.58. The van der Waals surface area contributed by atoms with Crippen LogP contribution in [-0.4, -0.2) is 42.5 Å². The first-order valence-corrected chi connectivity index (χ1v) is 7.59. The minimum Gasteiger partial charge on any atom is -0.444 e. The summed E-state index contributed by atoms with van der Waals surface area (Å²) < 4.78 is 10.3. The van der Waals surface area contributed by atoms with Crippen molar-refractivity contribution in [3.8, 4) is 0 Å². The summed E-state index contributed by atoms with van der Waals surface area (Å²) in [4.78, 5) is 23.1. The lowest BCUT2D eigenvalue weighted by atomic mass is 10.1. The molecule has 0 aromatic carbocycles. The number of amides is 2. The normalized spacial score (nSPS) is 13.2. The zero-order valence-electron chi connectivity index (χ0n) is 14.6. The second-order valence-electron chi connectivity index (χ2n) is 7.15. The van der Waals surface area contributed by atoms with E-state index in [1.807, 2.05) is 20.8 Å². The average Bonchev–Trinajstić information content (AvgIpc) is 2.28. The smallest absolute Gasteiger partial charge is 0.407 e. The van der Waals surface area contributed by atoms with E-state index in [2.05, 4.69) is 10.6 Å². The number of ether oxygens (including phenoxy) is 2. The Hall–Kier alpha value is -1.50. The molecule has 0 saturated carbocycles. The van der Waals surface area contributed by atoms with Crippen molar-refractivity contribution in [2.24, 2.45) is 5.73 Å². The van der Waals surface area contributed by atoms with Gasteiger partial charge in [-0.15, -0.1) is 0 Å². The van der Waals surface area contributed by atoms with Crippen molar-refractivity contribution in [1.82, 2.24) is 10.6 Å². The summed E-state index contributed by atoms with van der Waals surface area (Å²) in [6.07, 6.45) is 0.391. The fraction of sp³-hybridized carbons (Fsp3) is 0.867. The van der Waals surface area contributed by atoms with Gasteiger partial charge in [0, 0.05) is 19.1 Å². The van der Waals surface area contributed by atoms with Crippen molar-refractivity contribution in [2.45, 2.75) is 71.6 Å². The van der Waals surface area contributed by atoms with Crippen LogP contribution in [0.2, 0.25) is 0 Å². The molecule has 130 valence electrons. The zero-order chi connectivity index (χ0) is 17.4. The summed E-state index contributed by atoms with van der Waals surface area (Å²) in [5.74, 6) is 0. The van der Waals surface area contributed by atoms with Crippen LogP contribution < -0.4 is 16.4 Å². The molecule has 2 amide bonds. The monoisotopic (exact) mass is 317 g/mol. The predicted octanol–water partition coefficient (Wildman–Crippen LogP) is 2.14. The van der Waals surface area contributed by atoms with Gasteiger partial charge in [-0.25, -0.2) is 9.59 Å². The molecule has 0 aromatic rings. The van der Waals surface area contributed by atoms with Crippen LogP contribution in [0.1, 0.15) is 54.4 Å². The van der Waals surface area contributed by atoms with Crippen LogP contribution in [0.5, 0.6) is 0 Å². The quantitative estimate of drug-likeness (QED) is 0.651. The molecule has 1 atom stereocenters. The highest BCUT2D eigenvalue weighted by atomic mass is 16.6. The van der Waals surface area contributed by atoms with E-state index in [0.29, 0.717) is 25.9 Å². The van der Waals surface area contributed by atoms with Gasteiger partial charge in [0.1, 0.15) is 11.2 Å². The Labute approximate surface area is 133 Å². The molecule has 0 saturated heterocycles. The highest BCUT2D eigenvalue weighted by Crippen LogP contribution is 2.08. The van der Waals surface area contributed by atoms with Crippen molar-refractivity contribution >= 4 is 12.2 Å². The van der Waals surface area contributed by atoms with Crippen molar-refractivity contribution in [3.05, 3.63) is 0 Å². The standard InChI is InChI=1S/C15H31N3O4/c1-14(2,3)21-12(19)17-9-7-8-11(10-16)18-13(20)22-15(4,5)6/h11H,7-10,16H2,1-6H3,(H,17,19)(H,18,20). The lowest BCUT2D eigenvalue weighted by Crippen LogP contribution is -2.43. The minimum absolute atomic E-state index is 0.185. The highest BCUT2D eigenvalue weighted by molar-refractivity contribution is 5.68. The molecule has 0 aliphatic rings. The lowest BCUT2D eigenvalue weighted by molar-refractivity contribution is 0.0490. The Morgan fingerprint density at radius 3 is 1.95 bits per heavy atom. The molecule has 4 N–H and O–H groups in total. The Morgan fingerprint density at radius 1 is 1.00 bits per heavy atom. The number of alkyl carbamates (subject to hydrolysis) is 2. The molecule has 1 unspecified atom stereocenters. The summed E-state index contributed by atoms with van der Waals surface area (Å²) in [5.41, 5.74) is 4.58. The van der Waals surface area contributed by atoms with Gasteiger partial charge in [-0.3, -0.25) is 0 Å². The predicted molar refractivity (Wildman–Crippen MR) is 85.7 cm³/mol. The molecule has 0 fully saturated rings. The van der Waals surface area contributed by atoms with Gasteiger partial charge in [0.15, 0.2) is 0 Å². The van der Waals surface area contributed by atoms with E-state index in [1.165, 1.54) is 0 Å². The molecule has 0 spiro atoms. The number of nitrogens with two attached hydrogens (primary N) is 1. The first-order chi connectivity index (χ1) is 9.93. The summed E-state index contributed by atoms with van der Waals surface area (Å²) in [6, 6.07) is -0.185. The van der Waals surface area contributed by atoms with E-state index in [0.717, 1.165) is 0 Å². The van der Waals surface area contributed by atoms with E-state index in [1.54, 1.807) is 20.8 Å². The first kappa shape index (κ1) is 20.5. The number of carbonyl (C=O) groups is 2. The van der Waals surface area contributed by atoms with E-state index >= 15 is 0 Å². The number of hydrogen-bond donors (Lipinski definition) is 3. The van der Waals surface area contributed by atoms with Crippen LogP contribution in [0.15, 0.2) is 0 Å². The van der Waals surface area contributed by atoms with Gasteiger partial charge in [0.25, 0.3) is 0 Å². The molecule has 0 radical (unpaired) electrons. The van der Waals surface area contributed by atoms with E-state index in [9.17, 15) is 9.59 Å². The Bertz CT molecular complexity index is 359. The van der Waals surface area contributed by atoms with Crippen molar-refractivity contribution in [2.75, 3.05) is 13.1 Å². The van der Waals surface area contributed by atoms with Gasteiger partial charge in [-0.2, -0.15) is 0 Å². The third kappa shape index (κ3) is 12.3. The van der Waals surface area contributed by atoms with E-state index in [4.69, 9.17) is 15.2 Å². The summed E-state index contributed by atoms with van der Waals surface area (Å²) in [5, 5.41) is 5.38. The molecular formula is C15H31N3O4. The van der Waals surface area contributed by atoms with Crippen LogP contribution in [0.3, 0.4) is 0 Å². The number of rotatable bonds is 6. The number of nitrogens with one attached hydrogen (secondary N) is 2. The average molecular weight is 317 g/mol. The first-order valence-electron chi connectivity index (χ1n) is 7.59. The van der Waals surface area contributed by atoms with Crippen molar-refractivity contribution < 1.29 is 19.1 Å². The van der Waals surface area contributed by atoms with E-state index < -0.39 is 23.4 Å². The zero-order valence-corrected chi connectivity index (χ0v) is 14.6. The third-order valence-electron chi connectivity index (χ3n) is 2.40. The molecule has 22 heavy (non-hydrogen) atoms. The molecule has 0 heterocycles. The molecule has 0 bridgehead atoms. The summed E-state index contributed by atoms with van der Waals surface area (Å²) in [7, 11) is 0. The lowest BCUT2D eigenvalue weighted by Gasteiger charge is -2.23. The Kier molecular flexibility index (Phi) is 8.22. The van der Waals surface area contributed by atoms with Crippen LogP contribution in [0.4, 0.5) is 9.59 Å². The maximum atomic E-state index is 11.6. The van der Waals surface area contributed by atoms with Gasteiger partial charge < -0.3 is 25.8 Å². The summed E-state index contributed by atoms with van der Waals surface area (Å²) >= 11 is 0. The molecule has 0 aliphatic heterocycles. The Balaban J connectivity index is 3.96. The second kappa shape index (κ2) is 8.82. The maximum absolute atomic E-state index is 11.6. The van der Waals surface area contributed by atoms with Gasteiger partial charge in [0.2, 0.25) is 0 Å². The largest absolute Gasteiger partial charge is 0.444 e. The minimum atomic E-state index is -0.540. The van der Waals surface area contributed by atoms with Gasteiger partial charge in [-0.1, -0.05) is 0 Å². The van der Waals surface area contributed by atoms with Crippen LogP contribution >= 0.6 is 0 Å². The van der Waals surface area contributed by atoms with Crippen molar-refractivity contribution in [1.29, 1.82) is 0 Å². The Morgan fingerprint density at radius 2 is 1.50 bits per heavy atom. The van der Waals surface area contributed by atoms with Gasteiger partial charge >= 0.3 is 12.2 Å². The van der Waals surface area contributed by atoms with Gasteiger partial charge in [0.05, 0.1) is 0 Å². The molecule has 7 nitrogen and oxygen atoms in total. The molecule has 7 heteroatoms. The summed E-state index contributed by atoms with van der Waals surface area (Å²) in [6.45, 7) is 11.6. The molecule has 0 aromatic heterocycles. The number of hydrogen-bond acceptors (Lipinski definition) is 5. The number of carbonyl (C=O) groups excluding carboxylic acids is 2. The van der Waals surface area contributed by atoms with Gasteiger partial charge in [-0.05, 0) is 54.4 Å². The third-order valence-corrected chi connectivity index (χ3v) is 2.40. The van der Waals surface area contributed by atoms with Crippen molar-refractivity contribution in [3.63, 3.8) is 0 Å². The van der Waals surface area contributed by atoms with E-state index in [-0.39, 0.29) is 6.04 Å². The highest BCUT2D eigenvalue weighted by Gasteiger charge is 2.19. The van der Waals surface area contributed by atoms with Crippen LogP contribution in [-0.2, 0) is 9.47 Å². The molecule has 0 rings (SSSR count). The van der Waals surface area contributed by atoms with Crippen LogP contribution in [0.25, 0.3) is 0 Å². The van der Waals surface area contributed by atoms with Crippen LogP contribution in [0, 0.1) is 0 Å². The molecular weight excluding hydrogens is 286 g/mol. The molecule has 0 aliphatic carbocycles. The second-order valence-corrected chi connectivity index (χ2v) is 7.15. The maximum Gasteiger partial charge on any atom is 0.407 e. The topological polar surface area (TPSA) is 103 Å². The SMILES string of the molecule is CC(C)(C)OC(=O)NCCCC(CN)NC(=O)OC(C)(C)C. The fourth-order valence-corrected chi connectivity index (χ4v) is 1.58.